The Labute approximate surface area is 109 Å². The zero-order valence-electron chi connectivity index (χ0n) is 11.0. The first kappa shape index (κ1) is 13.5. The van der Waals surface area contributed by atoms with Crippen molar-refractivity contribution in [1.82, 2.24) is 13.3 Å². The van der Waals surface area contributed by atoms with Gasteiger partial charge in [0.15, 0.2) is 0 Å². The smallest absolute Gasteiger partial charge is 0.244 e. The lowest BCUT2D eigenvalue weighted by Gasteiger charge is -2.40. The SMILES string of the molecule is C1CC2CC(C1)C2.CN(C)S(=O)(=O)n1ccnc1. The molecule has 5 nitrogen and oxygen atoms in total. The normalized spacial score (nSPS) is 26.2. The first-order valence-corrected chi connectivity index (χ1v) is 7.81. The van der Waals surface area contributed by atoms with E-state index in [4.69, 9.17) is 0 Å². The molecule has 0 saturated heterocycles. The topological polar surface area (TPSA) is 55.2 Å². The molecule has 6 heteroatoms. The summed E-state index contributed by atoms with van der Waals surface area (Å²) in [5.74, 6) is 2.36. The quantitative estimate of drug-likeness (QED) is 0.823. The van der Waals surface area contributed by atoms with Gasteiger partial charge < -0.3 is 0 Å². The van der Waals surface area contributed by atoms with E-state index in [0.29, 0.717) is 0 Å². The molecule has 0 atom stereocenters. The number of fused-ring (bicyclic) bond motifs is 2. The van der Waals surface area contributed by atoms with Gasteiger partial charge in [-0.3, -0.25) is 0 Å². The Morgan fingerprint density at radius 2 is 1.83 bits per heavy atom. The second-order valence-electron chi connectivity index (χ2n) is 5.32. The van der Waals surface area contributed by atoms with Crippen LogP contribution in [0.2, 0.25) is 0 Å². The molecule has 0 aliphatic heterocycles. The Morgan fingerprint density at radius 1 is 1.22 bits per heavy atom. The van der Waals surface area contributed by atoms with Crippen LogP contribution in [-0.2, 0) is 10.2 Å². The van der Waals surface area contributed by atoms with E-state index < -0.39 is 10.2 Å². The van der Waals surface area contributed by atoms with E-state index >= 15 is 0 Å². The summed E-state index contributed by atoms with van der Waals surface area (Å²) >= 11 is 0. The Bertz CT molecular complexity index is 448. The van der Waals surface area contributed by atoms with Gasteiger partial charge in [0, 0.05) is 26.5 Å². The van der Waals surface area contributed by atoms with Crippen molar-refractivity contribution in [3.63, 3.8) is 0 Å². The van der Waals surface area contributed by atoms with E-state index in [9.17, 15) is 8.42 Å². The second-order valence-corrected chi connectivity index (χ2v) is 7.36. The Morgan fingerprint density at radius 3 is 2.11 bits per heavy atom. The standard InChI is InChI=1S/C7H12.C5H9N3O2S/c1-2-6-4-7(3-1)5-6;1-7(2)11(9,10)8-4-3-6-5-8/h6-7H,1-5H2;3-5H,1-2H3. The second kappa shape index (κ2) is 5.40. The molecule has 1 aromatic rings. The van der Waals surface area contributed by atoms with Crippen LogP contribution in [-0.4, -0.2) is 35.8 Å². The first-order valence-electron chi connectivity index (χ1n) is 6.41. The van der Waals surface area contributed by atoms with Crippen molar-refractivity contribution in [1.29, 1.82) is 0 Å². The molecule has 4 rings (SSSR count). The molecule has 1 aromatic heterocycles. The van der Waals surface area contributed by atoms with Gasteiger partial charge in [-0.15, -0.1) is 0 Å². The molecule has 102 valence electrons. The van der Waals surface area contributed by atoms with E-state index in [1.165, 1.54) is 51.1 Å². The maximum absolute atomic E-state index is 11.2. The molecule has 3 aliphatic rings. The molecule has 0 N–H and O–H groups in total. The van der Waals surface area contributed by atoms with Gasteiger partial charge in [0.1, 0.15) is 6.33 Å². The Balaban J connectivity index is 0.000000146. The van der Waals surface area contributed by atoms with Crippen LogP contribution in [0.25, 0.3) is 0 Å². The van der Waals surface area contributed by atoms with Gasteiger partial charge in [-0.1, -0.05) is 19.3 Å². The van der Waals surface area contributed by atoms with Gasteiger partial charge in [0.05, 0.1) is 0 Å². The monoisotopic (exact) mass is 271 g/mol. The van der Waals surface area contributed by atoms with E-state index in [2.05, 4.69) is 4.98 Å². The van der Waals surface area contributed by atoms with Crippen LogP contribution < -0.4 is 0 Å². The summed E-state index contributed by atoms with van der Waals surface area (Å²) in [7, 11) is -0.411. The average molecular weight is 271 g/mol. The summed E-state index contributed by atoms with van der Waals surface area (Å²) < 4.78 is 24.7. The number of imidazole rings is 1. The highest BCUT2D eigenvalue weighted by Crippen LogP contribution is 2.45. The van der Waals surface area contributed by atoms with Gasteiger partial charge in [0.2, 0.25) is 0 Å². The lowest BCUT2D eigenvalue weighted by Crippen LogP contribution is -2.28. The van der Waals surface area contributed by atoms with Crippen LogP contribution in [0.5, 0.6) is 0 Å². The lowest BCUT2D eigenvalue weighted by molar-refractivity contribution is 0.116. The minimum atomic E-state index is -3.35. The fraction of sp³-hybridized carbons (Fsp3) is 0.750. The summed E-state index contributed by atoms with van der Waals surface area (Å²) in [5, 5.41) is 0. The van der Waals surface area contributed by atoms with Crippen molar-refractivity contribution < 1.29 is 8.42 Å². The van der Waals surface area contributed by atoms with Gasteiger partial charge in [-0.05, 0) is 24.7 Å². The average Bonchev–Trinajstić information content (AvgIpc) is 2.83. The number of hydrogen-bond donors (Lipinski definition) is 0. The molecule has 3 saturated carbocycles. The predicted molar refractivity (Wildman–Crippen MR) is 70.3 cm³/mol. The minimum absolute atomic E-state index is 1.05. The van der Waals surface area contributed by atoms with Crippen LogP contribution in [0.3, 0.4) is 0 Å². The molecule has 0 spiro atoms. The van der Waals surface area contributed by atoms with Crippen LogP contribution in [0.15, 0.2) is 18.7 Å². The summed E-state index contributed by atoms with van der Waals surface area (Å²) in [6.45, 7) is 0. The Kier molecular flexibility index (Phi) is 4.07. The van der Waals surface area contributed by atoms with Crippen LogP contribution in [0, 0.1) is 11.8 Å². The van der Waals surface area contributed by atoms with Crippen molar-refractivity contribution in [3.05, 3.63) is 18.7 Å². The molecule has 0 aromatic carbocycles. The predicted octanol–water partition coefficient (Wildman–Crippen LogP) is 1.73. The molecule has 0 unspecified atom stereocenters. The zero-order chi connectivity index (χ0) is 13.2. The van der Waals surface area contributed by atoms with Crippen molar-refractivity contribution in [3.8, 4) is 0 Å². The summed E-state index contributed by atoms with van der Waals surface area (Å²) in [5.41, 5.74) is 0. The third kappa shape index (κ3) is 2.92. The fourth-order valence-corrected chi connectivity index (χ4v) is 3.37. The lowest BCUT2D eigenvalue weighted by atomic mass is 9.65. The Hall–Kier alpha value is -0.880. The molecule has 18 heavy (non-hydrogen) atoms. The molecule has 0 radical (unpaired) electrons. The van der Waals surface area contributed by atoms with Gasteiger partial charge >= 0.3 is 10.2 Å². The number of hydrogen-bond acceptors (Lipinski definition) is 3. The highest BCUT2D eigenvalue weighted by atomic mass is 32.2. The first-order chi connectivity index (χ1) is 8.50. The van der Waals surface area contributed by atoms with E-state index in [0.717, 1.165) is 8.28 Å². The number of aromatic nitrogens is 2. The van der Waals surface area contributed by atoms with Crippen LogP contribution in [0.4, 0.5) is 0 Å². The minimum Gasteiger partial charge on any atom is -0.244 e. The van der Waals surface area contributed by atoms with Crippen LogP contribution in [0.1, 0.15) is 32.1 Å². The summed E-state index contributed by atoms with van der Waals surface area (Å²) in [4.78, 5) is 3.63. The number of rotatable bonds is 2. The molecular weight excluding hydrogens is 250 g/mol. The van der Waals surface area contributed by atoms with E-state index in [1.807, 2.05) is 0 Å². The maximum Gasteiger partial charge on any atom is 0.308 e. The van der Waals surface area contributed by atoms with E-state index in [-0.39, 0.29) is 0 Å². The van der Waals surface area contributed by atoms with E-state index in [1.54, 1.807) is 25.7 Å². The fourth-order valence-electron chi connectivity index (χ4n) is 2.61. The molecule has 3 fully saturated rings. The van der Waals surface area contributed by atoms with Gasteiger partial charge in [0.25, 0.3) is 0 Å². The third-order valence-electron chi connectivity index (χ3n) is 3.77. The van der Waals surface area contributed by atoms with Crippen molar-refractivity contribution in [2.24, 2.45) is 11.8 Å². The van der Waals surface area contributed by atoms with Crippen molar-refractivity contribution in [2.45, 2.75) is 32.1 Å². The summed E-state index contributed by atoms with van der Waals surface area (Å²) in [6, 6.07) is 0. The van der Waals surface area contributed by atoms with Gasteiger partial charge in [-0.25, -0.2) is 8.96 Å². The molecule has 2 bridgehead atoms. The number of nitrogens with zero attached hydrogens (tertiary/aromatic N) is 3. The largest absolute Gasteiger partial charge is 0.308 e. The summed E-state index contributed by atoms with van der Waals surface area (Å²) in [6.07, 6.45) is 11.9. The molecule has 1 heterocycles. The van der Waals surface area contributed by atoms with Crippen LogP contribution >= 0.6 is 0 Å². The third-order valence-corrected chi connectivity index (χ3v) is 5.44. The highest BCUT2D eigenvalue weighted by Gasteiger charge is 2.32. The maximum atomic E-state index is 11.2. The molecule has 3 aliphatic carbocycles. The van der Waals surface area contributed by atoms with Crippen molar-refractivity contribution in [2.75, 3.05) is 14.1 Å². The van der Waals surface area contributed by atoms with Crippen molar-refractivity contribution >= 4 is 10.2 Å². The molecule has 0 amide bonds. The highest BCUT2D eigenvalue weighted by molar-refractivity contribution is 7.87. The zero-order valence-corrected chi connectivity index (χ0v) is 11.8. The molecular formula is C12H21N3O2S. The van der Waals surface area contributed by atoms with Gasteiger partial charge in [-0.2, -0.15) is 12.7 Å².